The fraction of sp³-hybridized carbons (Fsp3) is 0.350. The van der Waals surface area contributed by atoms with Gasteiger partial charge in [-0.3, -0.25) is 4.79 Å². The molecule has 2 N–H and O–H groups in total. The summed E-state index contributed by atoms with van der Waals surface area (Å²) in [5.74, 6) is 1.06. The Morgan fingerprint density at radius 1 is 1.16 bits per heavy atom. The summed E-state index contributed by atoms with van der Waals surface area (Å²) in [6, 6.07) is 12.9. The molecule has 0 heterocycles. The molecule has 0 fully saturated rings. The number of aliphatic hydroxyl groups excluding tert-OH is 1. The van der Waals surface area contributed by atoms with E-state index in [9.17, 15) is 9.90 Å². The molecule has 1 amide bonds. The van der Waals surface area contributed by atoms with Crippen LogP contribution < -0.4 is 14.8 Å². The number of carbonyl (C=O) groups is 1. The lowest BCUT2D eigenvalue weighted by Gasteiger charge is -2.23. The van der Waals surface area contributed by atoms with Crippen LogP contribution in [0.1, 0.15) is 37.0 Å². The number of benzene rings is 2. The Balaban J connectivity index is 1.65. The summed E-state index contributed by atoms with van der Waals surface area (Å²) >= 11 is 0. The third-order valence-electron chi connectivity index (χ3n) is 4.25. The number of fused-ring (bicyclic) bond motifs is 1. The van der Waals surface area contributed by atoms with Crippen molar-refractivity contribution in [3.63, 3.8) is 0 Å². The summed E-state index contributed by atoms with van der Waals surface area (Å²) in [6.45, 7) is 2.34. The van der Waals surface area contributed by atoms with E-state index in [0.717, 1.165) is 30.4 Å². The van der Waals surface area contributed by atoms with Gasteiger partial charge in [0, 0.05) is 0 Å². The number of aliphatic hydroxyl groups is 1. The molecule has 1 atom stereocenters. The number of para-hydroxylation sites is 2. The van der Waals surface area contributed by atoms with Gasteiger partial charge in [0.05, 0.1) is 18.4 Å². The maximum Gasteiger partial charge on any atom is 0.262 e. The van der Waals surface area contributed by atoms with Gasteiger partial charge in [-0.2, -0.15) is 0 Å². The van der Waals surface area contributed by atoms with Crippen LogP contribution >= 0.6 is 0 Å². The molecule has 132 valence electrons. The first kappa shape index (κ1) is 17.3. The normalized spacial score (nSPS) is 16.0. The van der Waals surface area contributed by atoms with Crippen LogP contribution in [0.15, 0.2) is 42.5 Å². The van der Waals surface area contributed by atoms with E-state index in [1.54, 1.807) is 6.07 Å². The zero-order chi connectivity index (χ0) is 17.6. The lowest BCUT2D eigenvalue weighted by Crippen LogP contribution is -2.21. The van der Waals surface area contributed by atoms with E-state index < -0.39 is 6.10 Å². The second kappa shape index (κ2) is 8.03. The molecule has 0 aliphatic heterocycles. The van der Waals surface area contributed by atoms with Gasteiger partial charge in [0.25, 0.3) is 5.91 Å². The Labute approximate surface area is 147 Å². The standard InChI is InChI=1S/C20H23NO4/c1-2-24-19-11-4-3-9-16(19)21-20(23)13-25-18-12-6-7-14-15(18)8-5-10-17(14)22/h3-4,6-7,9,11-12,17,22H,2,5,8,10,13H2,1H3,(H,21,23)/t17-/m1/s1. The fourth-order valence-electron chi connectivity index (χ4n) is 3.11. The second-order valence-corrected chi connectivity index (χ2v) is 6.00. The zero-order valence-electron chi connectivity index (χ0n) is 14.3. The molecular weight excluding hydrogens is 318 g/mol. The van der Waals surface area contributed by atoms with Crippen LogP contribution in [-0.2, 0) is 11.2 Å². The van der Waals surface area contributed by atoms with Crippen molar-refractivity contribution in [3.8, 4) is 11.5 Å². The predicted molar refractivity (Wildman–Crippen MR) is 96.1 cm³/mol. The van der Waals surface area contributed by atoms with E-state index in [4.69, 9.17) is 9.47 Å². The highest BCUT2D eigenvalue weighted by molar-refractivity contribution is 5.93. The van der Waals surface area contributed by atoms with E-state index in [1.165, 1.54) is 0 Å². The van der Waals surface area contributed by atoms with Crippen molar-refractivity contribution in [1.29, 1.82) is 0 Å². The second-order valence-electron chi connectivity index (χ2n) is 6.00. The third kappa shape index (κ3) is 4.12. The van der Waals surface area contributed by atoms with Crippen molar-refractivity contribution < 1.29 is 19.4 Å². The Morgan fingerprint density at radius 3 is 2.80 bits per heavy atom. The molecule has 0 unspecified atom stereocenters. The van der Waals surface area contributed by atoms with E-state index >= 15 is 0 Å². The minimum absolute atomic E-state index is 0.0903. The first-order valence-corrected chi connectivity index (χ1v) is 8.63. The van der Waals surface area contributed by atoms with Crippen molar-refractivity contribution in [2.75, 3.05) is 18.5 Å². The number of ether oxygens (including phenoxy) is 2. The molecule has 0 aromatic heterocycles. The average molecular weight is 341 g/mol. The average Bonchev–Trinajstić information content (AvgIpc) is 2.62. The quantitative estimate of drug-likeness (QED) is 0.844. The zero-order valence-corrected chi connectivity index (χ0v) is 14.3. The Hall–Kier alpha value is -2.53. The minimum Gasteiger partial charge on any atom is -0.492 e. The molecule has 2 aromatic rings. The van der Waals surface area contributed by atoms with Crippen LogP contribution in [-0.4, -0.2) is 24.2 Å². The van der Waals surface area contributed by atoms with E-state index in [1.807, 2.05) is 43.3 Å². The largest absolute Gasteiger partial charge is 0.492 e. The van der Waals surface area contributed by atoms with Crippen molar-refractivity contribution in [2.45, 2.75) is 32.3 Å². The van der Waals surface area contributed by atoms with Crippen molar-refractivity contribution in [2.24, 2.45) is 0 Å². The number of hydrogen-bond donors (Lipinski definition) is 2. The van der Waals surface area contributed by atoms with Crippen molar-refractivity contribution >= 4 is 11.6 Å². The minimum atomic E-state index is -0.445. The molecule has 25 heavy (non-hydrogen) atoms. The maximum atomic E-state index is 12.2. The van der Waals surface area contributed by atoms with Crippen LogP contribution in [0.5, 0.6) is 11.5 Å². The smallest absolute Gasteiger partial charge is 0.262 e. The summed E-state index contributed by atoms with van der Waals surface area (Å²) in [5, 5.41) is 12.9. The Kier molecular flexibility index (Phi) is 5.56. The van der Waals surface area contributed by atoms with E-state index in [0.29, 0.717) is 23.8 Å². The van der Waals surface area contributed by atoms with Gasteiger partial charge in [0.1, 0.15) is 11.5 Å². The molecule has 0 radical (unpaired) electrons. The molecule has 5 heteroatoms. The van der Waals surface area contributed by atoms with E-state index in [2.05, 4.69) is 5.32 Å². The number of hydrogen-bond acceptors (Lipinski definition) is 4. The number of anilines is 1. The molecule has 2 aromatic carbocycles. The maximum absolute atomic E-state index is 12.2. The highest BCUT2D eigenvalue weighted by atomic mass is 16.5. The fourth-order valence-corrected chi connectivity index (χ4v) is 3.11. The molecule has 0 saturated heterocycles. The van der Waals surface area contributed by atoms with Crippen molar-refractivity contribution in [3.05, 3.63) is 53.6 Å². The predicted octanol–water partition coefficient (Wildman–Crippen LogP) is 3.47. The van der Waals surface area contributed by atoms with Crippen LogP contribution in [0.4, 0.5) is 5.69 Å². The lowest BCUT2D eigenvalue weighted by atomic mass is 9.89. The molecule has 0 saturated carbocycles. The summed E-state index contributed by atoms with van der Waals surface area (Å²) in [4.78, 5) is 12.2. The van der Waals surface area contributed by atoms with Gasteiger partial charge in [0.15, 0.2) is 6.61 Å². The SMILES string of the molecule is CCOc1ccccc1NC(=O)COc1cccc2c1CCC[C@H]2O. The number of nitrogens with one attached hydrogen (secondary N) is 1. The van der Waals surface area contributed by atoms with E-state index in [-0.39, 0.29) is 12.5 Å². The number of carbonyl (C=O) groups excluding carboxylic acids is 1. The summed E-state index contributed by atoms with van der Waals surface area (Å²) < 4.78 is 11.2. The molecule has 3 rings (SSSR count). The van der Waals surface area contributed by atoms with Gasteiger partial charge in [0.2, 0.25) is 0 Å². The Bertz CT molecular complexity index is 744. The van der Waals surface area contributed by atoms with Gasteiger partial charge in [-0.15, -0.1) is 0 Å². The van der Waals surface area contributed by atoms with Crippen LogP contribution in [0, 0.1) is 0 Å². The molecule has 0 spiro atoms. The van der Waals surface area contributed by atoms with Crippen molar-refractivity contribution in [1.82, 2.24) is 0 Å². The van der Waals surface area contributed by atoms with Gasteiger partial charge < -0.3 is 19.9 Å². The molecule has 1 aliphatic rings. The van der Waals surface area contributed by atoms with Gasteiger partial charge in [-0.1, -0.05) is 24.3 Å². The first-order chi connectivity index (χ1) is 12.2. The summed E-state index contributed by atoms with van der Waals surface area (Å²) in [5.41, 5.74) is 2.54. The molecule has 1 aliphatic carbocycles. The first-order valence-electron chi connectivity index (χ1n) is 8.63. The summed E-state index contributed by atoms with van der Waals surface area (Å²) in [7, 11) is 0. The highest BCUT2D eigenvalue weighted by Crippen LogP contribution is 2.35. The van der Waals surface area contributed by atoms with Crippen LogP contribution in [0.3, 0.4) is 0 Å². The molecular formula is C20H23NO4. The monoisotopic (exact) mass is 341 g/mol. The van der Waals surface area contributed by atoms with Gasteiger partial charge in [-0.05, 0) is 55.5 Å². The molecule has 5 nitrogen and oxygen atoms in total. The van der Waals surface area contributed by atoms with Crippen LogP contribution in [0.25, 0.3) is 0 Å². The highest BCUT2D eigenvalue weighted by Gasteiger charge is 2.21. The lowest BCUT2D eigenvalue weighted by molar-refractivity contribution is -0.118. The van der Waals surface area contributed by atoms with Crippen LogP contribution in [0.2, 0.25) is 0 Å². The van der Waals surface area contributed by atoms with Gasteiger partial charge >= 0.3 is 0 Å². The Morgan fingerprint density at radius 2 is 1.96 bits per heavy atom. The third-order valence-corrected chi connectivity index (χ3v) is 4.25. The summed E-state index contributed by atoms with van der Waals surface area (Å²) in [6.07, 6.45) is 2.10. The number of amides is 1. The van der Waals surface area contributed by atoms with Gasteiger partial charge in [-0.25, -0.2) is 0 Å². The number of rotatable bonds is 6. The topological polar surface area (TPSA) is 67.8 Å². The molecule has 0 bridgehead atoms.